The Morgan fingerprint density at radius 3 is 2.86 bits per heavy atom. The van der Waals surface area contributed by atoms with Gasteiger partial charge in [-0.3, -0.25) is 11.3 Å². The molecule has 2 aromatic rings. The molecule has 0 bridgehead atoms. The van der Waals surface area contributed by atoms with Gasteiger partial charge in [0, 0.05) is 14.2 Å². The summed E-state index contributed by atoms with van der Waals surface area (Å²) in [6.07, 6.45) is 5.59. The summed E-state index contributed by atoms with van der Waals surface area (Å²) >= 11 is 5.33. The van der Waals surface area contributed by atoms with Gasteiger partial charge in [0.25, 0.3) is 0 Å². The lowest BCUT2D eigenvalue weighted by molar-refractivity contribution is 0.555. The Morgan fingerprint density at radius 2 is 2.10 bits per heavy atom. The van der Waals surface area contributed by atoms with Crippen LogP contribution in [0.15, 0.2) is 28.7 Å². The number of hydrogen-bond acceptors (Lipinski definition) is 3. The molecule has 21 heavy (non-hydrogen) atoms. The molecular weight excluding hydrogens is 351 g/mol. The highest BCUT2D eigenvalue weighted by Gasteiger charge is 2.19. The predicted octanol–water partition coefficient (Wildman–Crippen LogP) is 4.28. The van der Waals surface area contributed by atoms with Gasteiger partial charge in [-0.05, 0) is 67.5 Å². The molecule has 2 nitrogen and oxygen atoms in total. The molecule has 0 fully saturated rings. The fraction of sp³-hybridized carbons (Fsp3) is 0.375. The SMILES string of the molecule is NNC(Cc1cc(F)ccc1Br)c1cc2c(s1)CCCC2. The highest BCUT2D eigenvalue weighted by atomic mass is 79.9. The van der Waals surface area contributed by atoms with Crippen molar-refractivity contribution in [1.82, 2.24) is 5.43 Å². The van der Waals surface area contributed by atoms with Crippen molar-refractivity contribution in [3.05, 3.63) is 55.4 Å². The van der Waals surface area contributed by atoms with E-state index in [2.05, 4.69) is 27.4 Å². The lowest BCUT2D eigenvalue weighted by atomic mass is 9.98. The van der Waals surface area contributed by atoms with E-state index in [1.807, 2.05) is 11.3 Å². The number of hydrazine groups is 1. The Balaban J connectivity index is 1.84. The molecule has 1 aromatic heterocycles. The summed E-state index contributed by atoms with van der Waals surface area (Å²) in [5.41, 5.74) is 5.30. The van der Waals surface area contributed by atoms with Crippen LogP contribution in [0.25, 0.3) is 0 Å². The summed E-state index contributed by atoms with van der Waals surface area (Å²) in [6.45, 7) is 0. The van der Waals surface area contributed by atoms with E-state index >= 15 is 0 Å². The van der Waals surface area contributed by atoms with Crippen molar-refractivity contribution in [3.8, 4) is 0 Å². The number of fused-ring (bicyclic) bond motifs is 1. The van der Waals surface area contributed by atoms with Crippen LogP contribution in [-0.4, -0.2) is 0 Å². The average molecular weight is 369 g/mol. The largest absolute Gasteiger partial charge is 0.271 e. The highest BCUT2D eigenvalue weighted by molar-refractivity contribution is 9.10. The van der Waals surface area contributed by atoms with Crippen molar-refractivity contribution < 1.29 is 4.39 Å². The number of thiophene rings is 1. The monoisotopic (exact) mass is 368 g/mol. The molecule has 112 valence electrons. The van der Waals surface area contributed by atoms with Crippen LogP contribution in [0.1, 0.15) is 39.8 Å². The Morgan fingerprint density at radius 1 is 1.29 bits per heavy atom. The quantitative estimate of drug-likeness (QED) is 0.624. The maximum atomic E-state index is 13.4. The van der Waals surface area contributed by atoms with Gasteiger partial charge in [0.2, 0.25) is 0 Å². The first kappa shape index (κ1) is 15.2. The van der Waals surface area contributed by atoms with E-state index in [0.717, 1.165) is 10.0 Å². The van der Waals surface area contributed by atoms with Crippen molar-refractivity contribution >= 4 is 27.3 Å². The molecule has 1 aromatic carbocycles. The van der Waals surface area contributed by atoms with E-state index in [1.165, 1.54) is 47.1 Å². The zero-order valence-electron chi connectivity index (χ0n) is 11.7. The molecule has 5 heteroatoms. The number of aryl methyl sites for hydroxylation is 2. The fourth-order valence-electron chi connectivity index (χ4n) is 2.85. The van der Waals surface area contributed by atoms with Crippen LogP contribution in [0.5, 0.6) is 0 Å². The third kappa shape index (κ3) is 3.37. The topological polar surface area (TPSA) is 38.0 Å². The van der Waals surface area contributed by atoms with Gasteiger partial charge >= 0.3 is 0 Å². The van der Waals surface area contributed by atoms with Crippen LogP contribution in [0.4, 0.5) is 4.39 Å². The number of halogens is 2. The minimum atomic E-state index is -0.213. The maximum Gasteiger partial charge on any atom is 0.123 e. The second-order valence-corrected chi connectivity index (χ2v) is 7.49. The van der Waals surface area contributed by atoms with Gasteiger partial charge in [0.05, 0.1) is 6.04 Å². The fourth-order valence-corrected chi connectivity index (χ4v) is 4.57. The minimum Gasteiger partial charge on any atom is -0.271 e. The molecule has 0 saturated heterocycles. The van der Waals surface area contributed by atoms with E-state index in [4.69, 9.17) is 5.84 Å². The second-order valence-electron chi connectivity index (χ2n) is 5.46. The van der Waals surface area contributed by atoms with Gasteiger partial charge in [0.15, 0.2) is 0 Å². The number of hydrogen-bond donors (Lipinski definition) is 2. The van der Waals surface area contributed by atoms with Crippen LogP contribution in [0.3, 0.4) is 0 Å². The van der Waals surface area contributed by atoms with Crippen molar-refractivity contribution in [3.63, 3.8) is 0 Å². The molecule has 0 amide bonds. The summed E-state index contributed by atoms with van der Waals surface area (Å²) in [4.78, 5) is 2.75. The molecule has 1 aliphatic rings. The third-order valence-corrected chi connectivity index (χ3v) is 6.12. The zero-order chi connectivity index (χ0) is 14.8. The summed E-state index contributed by atoms with van der Waals surface area (Å²) < 4.78 is 14.3. The highest BCUT2D eigenvalue weighted by Crippen LogP contribution is 2.34. The first-order valence-corrected chi connectivity index (χ1v) is 8.80. The third-order valence-electron chi connectivity index (χ3n) is 3.99. The first-order chi connectivity index (χ1) is 10.2. The standard InChI is InChI=1S/C16H18BrFN2S/c17-13-6-5-12(18)7-11(13)8-14(20-19)16-9-10-3-1-2-4-15(10)21-16/h5-7,9,14,20H,1-4,8,19H2. The van der Waals surface area contributed by atoms with E-state index in [-0.39, 0.29) is 11.9 Å². The van der Waals surface area contributed by atoms with Crippen LogP contribution in [-0.2, 0) is 19.3 Å². The Kier molecular flexibility index (Phi) is 4.74. The van der Waals surface area contributed by atoms with E-state index in [1.54, 1.807) is 12.1 Å². The normalized spacial score (nSPS) is 15.8. The van der Waals surface area contributed by atoms with Gasteiger partial charge in [0.1, 0.15) is 5.82 Å². The summed E-state index contributed by atoms with van der Waals surface area (Å²) in [7, 11) is 0. The van der Waals surface area contributed by atoms with E-state index in [9.17, 15) is 4.39 Å². The minimum absolute atomic E-state index is 0.0266. The van der Waals surface area contributed by atoms with Crippen LogP contribution < -0.4 is 11.3 Å². The second kappa shape index (κ2) is 6.57. The molecule has 0 saturated carbocycles. The van der Waals surface area contributed by atoms with Crippen LogP contribution >= 0.6 is 27.3 Å². The molecule has 0 aliphatic heterocycles. The number of nitrogens with one attached hydrogen (secondary N) is 1. The number of rotatable bonds is 4. The molecule has 0 radical (unpaired) electrons. The molecule has 3 rings (SSSR count). The molecule has 1 atom stereocenters. The van der Waals surface area contributed by atoms with Crippen LogP contribution in [0.2, 0.25) is 0 Å². The van der Waals surface area contributed by atoms with Gasteiger partial charge in [-0.2, -0.15) is 0 Å². The summed E-state index contributed by atoms with van der Waals surface area (Å²) in [5, 5.41) is 0. The van der Waals surface area contributed by atoms with Gasteiger partial charge in [-0.15, -0.1) is 11.3 Å². The van der Waals surface area contributed by atoms with Crippen molar-refractivity contribution in [2.24, 2.45) is 5.84 Å². The van der Waals surface area contributed by atoms with Gasteiger partial charge < -0.3 is 0 Å². The van der Waals surface area contributed by atoms with Crippen molar-refractivity contribution in [2.75, 3.05) is 0 Å². The van der Waals surface area contributed by atoms with Crippen molar-refractivity contribution in [2.45, 2.75) is 38.1 Å². The maximum absolute atomic E-state index is 13.4. The Labute approximate surface area is 136 Å². The number of benzene rings is 1. The molecule has 0 spiro atoms. The Bertz CT molecular complexity index is 618. The molecule has 3 N–H and O–H groups in total. The van der Waals surface area contributed by atoms with Gasteiger partial charge in [-0.25, -0.2) is 4.39 Å². The first-order valence-electron chi connectivity index (χ1n) is 7.19. The lowest BCUT2D eigenvalue weighted by Gasteiger charge is -2.15. The lowest BCUT2D eigenvalue weighted by Crippen LogP contribution is -2.29. The summed E-state index contributed by atoms with van der Waals surface area (Å²) in [6, 6.07) is 7.08. The molecule has 1 heterocycles. The summed E-state index contributed by atoms with van der Waals surface area (Å²) in [5.74, 6) is 5.53. The van der Waals surface area contributed by atoms with Crippen molar-refractivity contribution in [1.29, 1.82) is 0 Å². The zero-order valence-corrected chi connectivity index (χ0v) is 14.1. The predicted molar refractivity (Wildman–Crippen MR) is 88.8 cm³/mol. The molecular formula is C16H18BrFN2S. The van der Waals surface area contributed by atoms with E-state index < -0.39 is 0 Å². The van der Waals surface area contributed by atoms with Crippen LogP contribution in [0, 0.1) is 5.82 Å². The van der Waals surface area contributed by atoms with E-state index in [0.29, 0.717) is 6.42 Å². The smallest absolute Gasteiger partial charge is 0.123 e. The average Bonchev–Trinajstić information content (AvgIpc) is 2.91. The Hall–Kier alpha value is -0.750. The number of nitrogens with two attached hydrogens (primary N) is 1. The molecule has 1 aliphatic carbocycles. The van der Waals surface area contributed by atoms with Gasteiger partial charge in [-0.1, -0.05) is 15.9 Å². The molecule has 1 unspecified atom stereocenters.